The summed E-state index contributed by atoms with van der Waals surface area (Å²) in [6, 6.07) is 18.3. The number of halogens is 1. The van der Waals surface area contributed by atoms with Gasteiger partial charge in [-0.15, -0.1) is 0 Å². The second kappa shape index (κ2) is 9.59. The van der Waals surface area contributed by atoms with E-state index in [2.05, 4.69) is 26.6 Å². The lowest BCUT2D eigenvalue weighted by molar-refractivity contribution is -0.118. The van der Waals surface area contributed by atoms with Crippen molar-refractivity contribution in [3.8, 4) is 5.75 Å². The Morgan fingerprint density at radius 3 is 2.17 bits per heavy atom. The van der Waals surface area contributed by atoms with E-state index < -0.39 is 0 Å². The zero-order valence-electron chi connectivity index (χ0n) is 17.1. The molecule has 6 heteroatoms. The van der Waals surface area contributed by atoms with E-state index in [4.69, 9.17) is 4.74 Å². The first-order chi connectivity index (χ1) is 14.3. The quantitative estimate of drug-likeness (QED) is 0.493. The maximum Gasteiger partial charge on any atom is 0.262 e. The molecule has 0 aliphatic heterocycles. The standard InChI is InChI=1S/C24H23BrN2O3/c1-15-5-4-6-18(12-15)24(29)27-20-9-7-19(8-10-20)26-22(28)14-30-23-17(3)11-16(2)13-21(23)25/h4-13H,14H2,1-3H3,(H,26,28)(H,27,29). The number of benzene rings is 3. The van der Waals surface area contributed by atoms with E-state index in [9.17, 15) is 9.59 Å². The molecule has 30 heavy (non-hydrogen) atoms. The smallest absolute Gasteiger partial charge is 0.262 e. The van der Waals surface area contributed by atoms with Gasteiger partial charge in [-0.1, -0.05) is 23.8 Å². The number of ether oxygens (including phenoxy) is 1. The Morgan fingerprint density at radius 2 is 1.53 bits per heavy atom. The van der Waals surface area contributed by atoms with Crippen LogP contribution >= 0.6 is 15.9 Å². The third-order valence-electron chi connectivity index (χ3n) is 4.43. The van der Waals surface area contributed by atoms with E-state index in [0.717, 1.165) is 21.2 Å². The third kappa shape index (κ3) is 5.70. The molecule has 0 saturated carbocycles. The first kappa shape index (κ1) is 21.6. The van der Waals surface area contributed by atoms with Crippen LogP contribution < -0.4 is 15.4 Å². The van der Waals surface area contributed by atoms with E-state index in [1.807, 2.05) is 51.1 Å². The minimum atomic E-state index is -0.265. The van der Waals surface area contributed by atoms with Crippen LogP contribution in [0, 0.1) is 20.8 Å². The second-order valence-corrected chi connectivity index (χ2v) is 7.98. The number of carbonyl (C=O) groups excluding carboxylic acids is 2. The number of carbonyl (C=O) groups is 2. The summed E-state index contributed by atoms with van der Waals surface area (Å²) >= 11 is 3.47. The van der Waals surface area contributed by atoms with Gasteiger partial charge in [0.05, 0.1) is 4.47 Å². The van der Waals surface area contributed by atoms with Crippen LogP contribution in [0.25, 0.3) is 0 Å². The van der Waals surface area contributed by atoms with E-state index >= 15 is 0 Å². The molecule has 0 aromatic heterocycles. The van der Waals surface area contributed by atoms with Crippen molar-refractivity contribution in [3.05, 3.63) is 87.4 Å². The molecule has 0 saturated heterocycles. The first-order valence-electron chi connectivity index (χ1n) is 9.49. The van der Waals surface area contributed by atoms with Gasteiger partial charge in [-0.05, 0) is 90.3 Å². The van der Waals surface area contributed by atoms with Crippen LogP contribution in [0.4, 0.5) is 11.4 Å². The van der Waals surface area contributed by atoms with Gasteiger partial charge in [0.1, 0.15) is 5.75 Å². The summed E-state index contributed by atoms with van der Waals surface area (Å²) in [6.45, 7) is 5.78. The largest absolute Gasteiger partial charge is 0.482 e. The predicted molar refractivity (Wildman–Crippen MR) is 123 cm³/mol. The normalized spacial score (nSPS) is 10.4. The molecule has 0 aliphatic rings. The molecule has 154 valence electrons. The topological polar surface area (TPSA) is 67.4 Å². The highest BCUT2D eigenvalue weighted by molar-refractivity contribution is 9.10. The van der Waals surface area contributed by atoms with E-state index in [1.165, 1.54) is 0 Å². The highest BCUT2D eigenvalue weighted by Crippen LogP contribution is 2.30. The van der Waals surface area contributed by atoms with Crippen molar-refractivity contribution in [1.29, 1.82) is 0 Å². The number of aryl methyl sites for hydroxylation is 3. The maximum atomic E-state index is 12.3. The molecule has 0 radical (unpaired) electrons. The fourth-order valence-corrected chi connectivity index (χ4v) is 3.83. The maximum absolute atomic E-state index is 12.3. The molecule has 3 aromatic rings. The van der Waals surface area contributed by atoms with Crippen molar-refractivity contribution in [2.75, 3.05) is 17.2 Å². The Balaban J connectivity index is 1.55. The van der Waals surface area contributed by atoms with Crippen LogP contribution in [0.3, 0.4) is 0 Å². The van der Waals surface area contributed by atoms with Gasteiger partial charge in [0.2, 0.25) is 0 Å². The lowest BCUT2D eigenvalue weighted by Crippen LogP contribution is -2.20. The summed E-state index contributed by atoms with van der Waals surface area (Å²) in [5, 5.41) is 5.64. The van der Waals surface area contributed by atoms with Gasteiger partial charge in [-0.25, -0.2) is 0 Å². The summed E-state index contributed by atoms with van der Waals surface area (Å²) < 4.78 is 6.50. The molecule has 0 aliphatic carbocycles. The van der Waals surface area contributed by atoms with Gasteiger partial charge in [-0.3, -0.25) is 9.59 Å². The van der Waals surface area contributed by atoms with Crippen LogP contribution in [0.5, 0.6) is 5.75 Å². The number of anilines is 2. The molecular weight excluding hydrogens is 444 g/mol. The average Bonchev–Trinajstić information content (AvgIpc) is 2.68. The summed E-state index contributed by atoms with van der Waals surface area (Å²) in [7, 11) is 0. The van der Waals surface area contributed by atoms with Crippen LogP contribution in [-0.2, 0) is 4.79 Å². The number of nitrogens with one attached hydrogen (secondary N) is 2. The molecular formula is C24H23BrN2O3. The molecule has 5 nitrogen and oxygen atoms in total. The molecule has 0 fully saturated rings. The minimum absolute atomic E-state index is 0.103. The highest BCUT2D eigenvalue weighted by Gasteiger charge is 2.10. The third-order valence-corrected chi connectivity index (χ3v) is 5.02. The van der Waals surface area contributed by atoms with Crippen molar-refractivity contribution in [3.63, 3.8) is 0 Å². The Hall–Kier alpha value is -3.12. The molecule has 0 bridgehead atoms. The SMILES string of the molecule is Cc1cccc(C(=O)Nc2ccc(NC(=O)COc3c(C)cc(C)cc3Br)cc2)c1. The summed E-state index contributed by atoms with van der Waals surface area (Å²) in [5.74, 6) is 0.214. The summed E-state index contributed by atoms with van der Waals surface area (Å²) in [4.78, 5) is 24.6. The molecule has 3 aromatic carbocycles. The van der Waals surface area contributed by atoms with Gasteiger partial charge in [-0.2, -0.15) is 0 Å². The summed E-state index contributed by atoms with van der Waals surface area (Å²) in [5.41, 5.74) is 4.97. The zero-order chi connectivity index (χ0) is 21.7. The molecule has 3 rings (SSSR count). The van der Waals surface area contributed by atoms with E-state index in [1.54, 1.807) is 30.3 Å². The molecule has 2 amide bonds. The van der Waals surface area contributed by atoms with Crippen molar-refractivity contribution in [1.82, 2.24) is 0 Å². The second-order valence-electron chi connectivity index (χ2n) is 7.13. The van der Waals surface area contributed by atoms with Crippen molar-refractivity contribution in [2.45, 2.75) is 20.8 Å². The zero-order valence-corrected chi connectivity index (χ0v) is 18.7. The van der Waals surface area contributed by atoms with E-state index in [-0.39, 0.29) is 18.4 Å². The number of amides is 2. The van der Waals surface area contributed by atoms with Gasteiger partial charge in [0.15, 0.2) is 6.61 Å². The molecule has 0 unspecified atom stereocenters. The number of hydrogen-bond donors (Lipinski definition) is 2. The van der Waals surface area contributed by atoms with Crippen LogP contribution in [0.1, 0.15) is 27.0 Å². The number of hydrogen-bond acceptors (Lipinski definition) is 3. The van der Waals surface area contributed by atoms with Gasteiger partial charge in [0.25, 0.3) is 11.8 Å². The monoisotopic (exact) mass is 466 g/mol. The Morgan fingerprint density at radius 1 is 0.867 bits per heavy atom. The van der Waals surface area contributed by atoms with Crippen molar-refractivity contribution >= 4 is 39.1 Å². The van der Waals surface area contributed by atoms with Crippen molar-refractivity contribution < 1.29 is 14.3 Å². The highest BCUT2D eigenvalue weighted by atomic mass is 79.9. The molecule has 0 atom stereocenters. The van der Waals surface area contributed by atoms with Gasteiger partial charge in [0, 0.05) is 16.9 Å². The van der Waals surface area contributed by atoms with E-state index in [0.29, 0.717) is 22.7 Å². The predicted octanol–water partition coefficient (Wildman–Crippen LogP) is 5.64. The number of rotatable bonds is 6. The Kier molecular flexibility index (Phi) is 6.90. The molecule has 0 spiro atoms. The molecule has 0 heterocycles. The van der Waals surface area contributed by atoms with Gasteiger partial charge >= 0.3 is 0 Å². The Labute approximate surface area is 184 Å². The Bertz CT molecular complexity index is 1060. The van der Waals surface area contributed by atoms with Gasteiger partial charge < -0.3 is 15.4 Å². The van der Waals surface area contributed by atoms with Crippen LogP contribution in [0.2, 0.25) is 0 Å². The summed E-state index contributed by atoms with van der Waals surface area (Å²) in [6.07, 6.45) is 0. The lowest BCUT2D eigenvalue weighted by atomic mass is 10.1. The first-order valence-corrected chi connectivity index (χ1v) is 10.3. The lowest BCUT2D eigenvalue weighted by Gasteiger charge is -2.12. The fraction of sp³-hybridized carbons (Fsp3) is 0.167. The average molecular weight is 467 g/mol. The van der Waals surface area contributed by atoms with Crippen LogP contribution in [-0.4, -0.2) is 18.4 Å². The van der Waals surface area contributed by atoms with Crippen LogP contribution in [0.15, 0.2) is 65.1 Å². The minimum Gasteiger partial charge on any atom is -0.482 e. The van der Waals surface area contributed by atoms with Crippen molar-refractivity contribution in [2.24, 2.45) is 0 Å². The fourth-order valence-electron chi connectivity index (χ4n) is 3.05. The molecule has 2 N–H and O–H groups in total.